The fourth-order valence-electron chi connectivity index (χ4n) is 1.46. The van der Waals surface area contributed by atoms with Gasteiger partial charge in [-0.25, -0.2) is 0 Å². The fourth-order valence-corrected chi connectivity index (χ4v) is 1.46. The molecule has 0 aliphatic carbocycles. The quantitative estimate of drug-likeness (QED) is 0.840. The van der Waals surface area contributed by atoms with Crippen LogP contribution in [0, 0.1) is 5.92 Å². The highest BCUT2D eigenvalue weighted by Crippen LogP contribution is 2.29. The van der Waals surface area contributed by atoms with Crippen LogP contribution in [0.3, 0.4) is 0 Å². The molecule has 0 aliphatic rings. The van der Waals surface area contributed by atoms with Gasteiger partial charge in [-0.05, 0) is 24.1 Å². The van der Waals surface area contributed by atoms with Crippen molar-refractivity contribution in [3.8, 4) is 0 Å². The van der Waals surface area contributed by atoms with Crippen LogP contribution >= 0.6 is 0 Å². The zero-order valence-electron chi connectivity index (χ0n) is 11.0. The zero-order chi connectivity index (χ0) is 15.3. The summed E-state index contributed by atoms with van der Waals surface area (Å²) < 4.78 is 37.5. The minimum Gasteiger partial charge on any atom is -0.273 e. The van der Waals surface area contributed by atoms with Crippen LogP contribution in [0.5, 0.6) is 0 Å². The molecule has 0 saturated carbocycles. The van der Waals surface area contributed by atoms with Crippen molar-refractivity contribution in [3.05, 3.63) is 35.4 Å². The molecule has 0 aliphatic heterocycles. The lowest BCUT2D eigenvalue weighted by molar-refractivity contribution is -0.137. The van der Waals surface area contributed by atoms with Crippen LogP contribution in [-0.4, -0.2) is 11.8 Å². The molecule has 0 saturated heterocycles. The highest BCUT2D eigenvalue weighted by atomic mass is 19.4. The molecule has 0 spiro atoms. The maximum Gasteiger partial charge on any atom is 0.416 e. The molecule has 2 amide bonds. The van der Waals surface area contributed by atoms with Crippen molar-refractivity contribution in [1.29, 1.82) is 0 Å². The van der Waals surface area contributed by atoms with Crippen LogP contribution in [0.4, 0.5) is 13.2 Å². The molecular formula is C13H15F3N2O2. The summed E-state index contributed by atoms with van der Waals surface area (Å²) in [7, 11) is 0. The van der Waals surface area contributed by atoms with Gasteiger partial charge in [-0.3, -0.25) is 20.4 Å². The van der Waals surface area contributed by atoms with Crippen molar-refractivity contribution < 1.29 is 22.8 Å². The molecule has 0 aromatic heterocycles. The molecule has 0 fully saturated rings. The van der Waals surface area contributed by atoms with Crippen molar-refractivity contribution in [1.82, 2.24) is 10.9 Å². The summed E-state index contributed by atoms with van der Waals surface area (Å²) in [5.74, 6) is -1.09. The van der Waals surface area contributed by atoms with Gasteiger partial charge in [0.25, 0.3) is 5.91 Å². The van der Waals surface area contributed by atoms with Gasteiger partial charge >= 0.3 is 6.18 Å². The molecule has 0 heterocycles. The first-order valence-electron chi connectivity index (χ1n) is 5.96. The number of hydrogen-bond donors (Lipinski definition) is 2. The average molecular weight is 288 g/mol. The fraction of sp³-hybridized carbons (Fsp3) is 0.385. The van der Waals surface area contributed by atoms with Crippen LogP contribution in [0.1, 0.15) is 36.2 Å². The van der Waals surface area contributed by atoms with Crippen LogP contribution in [0.2, 0.25) is 0 Å². The van der Waals surface area contributed by atoms with E-state index in [1.807, 2.05) is 13.8 Å². The van der Waals surface area contributed by atoms with Crippen LogP contribution < -0.4 is 10.9 Å². The Kier molecular flexibility index (Phi) is 5.12. The van der Waals surface area contributed by atoms with E-state index in [0.717, 1.165) is 18.2 Å². The number of nitrogens with one attached hydrogen (secondary N) is 2. The summed E-state index contributed by atoms with van der Waals surface area (Å²) in [5.41, 5.74) is 3.13. The normalized spacial score (nSPS) is 11.3. The first-order chi connectivity index (χ1) is 9.20. The van der Waals surface area contributed by atoms with E-state index in [4.69, 9.17) is 0 Å². The third kappa shape index (κ3) is 4.91. The Labute approximate surface area is 114 Å². The molecule has 0 unspecified atom stereocenters. The number of hydrazine groups is 1. The SMILES string of the molecule is CC(C)CC(=O)NNC(=O)c1cccc(C(F)(F)F)c1. The van der Waals surface area contributed by atoms with E-state index >= 15 is 0 Å². The van der Waals surface area contributed by atoms with Gasteiger partial charge in [0, 0.05) is 12.0 Å². The summed E-state index contributed by atoms with van der Waals surface area (Å²) in [6, 6.07) is 3.96. The third-order valence-corrected chi connectivity index (χ3v) is 2.36. The number of amides is 2. The van der Waals surface area contributed by atoms with E-state index in [9.17, 15) is 22.8 Å². The topological polar surface area (TPSA) is 58.2 Å². The number of carbonyl (C=O) groups is 2. The first kappa shape index (κ1) is 16.0. The lowest BCUT2D eigenvalue weighted by Gasteiger charge is -2.10. The van der Waals surface area contributed by atoms with Crippen molar-refractivity contribution in [3.63, 3.8) is 0 Å². The van der Waals surface area contributed by atoms with Crippen molar-refractivity contribution in [2.45, 2.75) is 26.4 Å². The van der Waals surface area contributed by atoms with Crippen LogP contribution in [0.25, 0.3) is 0 Å². The molecule has 0 bridgehead atoms. The van der Waals surface area contributed by atoms with Gasteiger partial charge in [-0.2, -0.15) is 13.2 Å². The van der Waals surface area contributed by atoms with Crippen molar-refractivity contribution in [2.24, 2.45) is 5.92 Å². The summed E-state index contributed by atoms with van der Waals surface area (Å²) in [5, 5.41) is 0. The number of carbonyl (C=O) groups excluding carboxylic acids is 2. The Hall–Kier alpha value is -2.05. The Bertz CT molecular complexity index is 499. The second-order valence-electron chi connectivity index (χ2n) is 4.68. The number of rotatable bonds is 3. The van der Waals surface area contributed by atoms with Gasteiger partial charge in [0.05, 0.1) is 5.56 Å². The van der Waals surface area contributed by atoms with E-state index in [1.54, 1.807) is 0 Å². The lowest BCUT2D eigenvalue weighted by atomic mass is 10.1. The van der Waals surface area contributed by atoms with E-state index in [2.05, 4.69) is 10.9 Å². The molecule has 2 N–H and O–H groups in total. The molecule has 20 heavy (non-hydrogen) atoms. The molecule has 1 aromatic carbocycles. The molecule has 7 heteroatoms. The van der Waals surface area contributed by atoms with Gasteiger partial charge in [0.2, 0.25) is 5.91 Å². The molecule has 0 radical (unpaired) electrons. The smallest absolute Gasteiger partial charge is 0.273 e. The van der Waals surface area contributed by atoms with Crippen LogP contribution in [-0.2, 0) is 11.0 Å². The Morgan fingerprint density at radius 1 is 1.20 bits per heavy atom. The highest BCUT2D eigenvalue weighted by Gasteiger charge is 2.30. The van der Waals surface area contributed by atoms with Gasteiger partial charge in [0.1, 0.15) is 0 Å². The van der Waals surface area contributed by atoms with Gasteiger partial charge in [-0.1, -0.05) is 19.9 Å². The zero-order valence-corrected chi connectivity index (χ0v) is 11.0. The Morgan fingerprint density at radius 3 is 2.40 bits per heavy atom. The summed E-state index contributed by atoms with van der Waals surface area (Å²) >= 11 is 0. The number of benzene rings is 1. The highest BCUT2D eigenvalue weighted by molar-refractivity contribution is 5.95. The summed E-state index contributed by atoms with van der Waals surface area (Å²) in [4.78, 5) is 22.9. The van der Waals surface area contributed by atoms with Crippen molar-refractivity contribution in [2.75, 3.05) is 0 Å². The number of alkyl halides is 3. The average Bonchev–Trinajstić information content (AvgIpc) is 2.34. The summed E-state index contributed by atoms with van der Waals surface area (Å²) in [6.07, 6.45) is -4.31. The van der Waals surface area contributed by atoms with Crippen molar-refractivity contribution >= 4 is 11.8 Å². The maximum atomic E-state index is 12.5. The number of halogens is 3. The molecule has 1 rings (SSSR count). The van der Waals surface area contributed by atoms with Crippen LogP contribution in [0.15, 0.2) is 24.3 Å². The van der Waals surface area contributed by atoms with E-state index in [1.165, 1.54) is 6.07 Å². The predicted octanol–water partition coefficient (Wildman–Crippen LogP) is 2.51. The second kappa shape index (κ2) is 6.40. The Morgan fingerprint density at radius 2 is 1.85 bits per heavy atom. The predicted molar refractivity (Wildman–Crippen MR) is 66.5 cm³/mol. The number of hydrogen-bond acceptors (Lipinski definition) is 2. The first-order valence-corrected chi connectivity index (χ1v) is 5.96. The molecule has 0 atom stereocenters. The van der Waals surface area contributed by atoms with E-state index in [0.29, 0.717) is 0 Å². The third-order valence-electron chi connectivity index (χ3n) is 2.36. The molecule has 1 aromatic rings. The molecule has 110 valence electrons. The molecular weight excluding hydrogens is 273 g/mol. The standard InChI is InChI=1S/C13H15F3N2O2/c1-8(2)6-11(19)17-18-12(20)9-4-3-5-10(7-9)13(14,15)16/h3-5,7-8H,6H2,1-2H3,(H,17,19)(H,18,20). The summed E-state index contributed by atoms with van der Waals surface area (Å²) in [6.45, 7) is 3.66. The molecule has 4 nitrogen and oxygen atoms in total. The van der Waals surface area contributed by atoms with Gasteiger partial charge in [-0.15, -0.1) is 0 Å². The minimum atomic E-state index is -4.52. The van der Waals surface area contributed by atoms with E-state index < -0.39 is 23.6 Å². The van der Waals surface area contributed by atoms with E-state index in [-0.39, 0.29) is 17.9 Å². The Balaban J connectivity index is 2.67. The minimum absolute atomic E-state index is 0.112. The lowest BCUT2D eigenvalue weighted by Crippen LogP contribution is -2.42. The monoisotopic (exact) mass is 288 g/mol. The van der Waals surface area contributed by atoms with Gasteiger partial charge < -0.3 is 0 Å². The van der Waals surface area contributed by atoms with Gasteiger partial charge in [0.15, 0.2) is 0 Å². The largest absolute Gasteiger partial charge is 0.416 e. The maximum absolute atomic E-state index is 12.5. The second-order valence-corrected chi connectivity index (χ2v) is 4.68.